The molecule has 102 valence electrons. The van der Waals surface area contributed by atoms with Crippen molar-refractivity contribution in [1.82, 2.24) is 5.32 Å². The molecule has 0 aliphatic rings. The Morgan fingerprint density at radius 2 is 2.11 bits per heavy atom. The maximum Gasteiger partial charge on any atom is 0.127 e. The van der Waals surface area contributed by atoms with Crippen molar-refractivity contribution in [1.29, 1.82) is 0 Å². The molecule has 1 rings (SSSR count). The number of nitrogens with one attached hydrogen (secondary N) is 1. The summed E-state index contributed by atoms with van der Waals surface area (Å²) in [7, 11) is 3.57. The molecule has 0 fully saturated rings. The first-order chi connectivity index (χ1) is 8.38. The van der Waals surface area contributed by atoms with Gasteiger partial charge in [0, 0.05) is 18.2 Å². The smallest absolute Gasteiger partial charge is 0.127 e. The van der Waals surface area contributed by atoms with E-state index in [1.54, 1.807) is 19.2 Å². The first-order valence-corrected chi connectivity index (χ1v) is 6.42. The maximum absolute atomic E-state index is 13.7. The summed E-state index contributed by atoms with van der Waals surface area (Å²) < 4.78 is 19.1. The molecular weight excluding hydrogens is 253 g/mol. The number of rotatable bonds is 6. The van der Waals surface area contributed by atoms with Gasteiger partial charge in [0.25, 0.3) is 0 Å². The van der Waals surface area contributed by atoms with E-state index in [9.17, 15) is 4.39 Å². The molecule has 2 nitrogen and oxygen atoms in total. The lowest BCUT2D eigenvalue weighted by molar-refractivity contribution is 0.00766. The summed E-state index contributed by atoms with van der Waals surface area (Å²) >= 11 is 5.74. The Kier molecular flexibility index (Phi) is 5.57. The summed E-state index contributed by atoms with van der Waals surface area (Å²) in [6.45, 7) is 4.05. The van der Waals surface area contributed by atoms with Gasteiger partial charge in [-0.05, 0) is 51.4 Å². The van der Waals surface area contributed by atoms with E-state index in [0.717, 1.165) is 6.42 Å². The zero-order valence-electron chi connectivity index (χ0n) is 11.4. The van der Waals surface area contributed by atoms with Crippen LogP contribution in [0.2, 0.25) is 5.02 Å². The van der Waals surface area contributed by atoms with Crippen molar-refractivity contribution in [3.8, 4) is 0 Å². The average molecular weight is 274 g/mol. The highest BCUT2D eigenvalue weighted by molar-refractivity contribution is 6.30. The van der Waals surface area contributed by atoms with Gasteiger partial charge in [-0.1, -0.05) is 17.7 Å². The zero-order chi connectivity index (χ0) is 13.8. The molecule has 0 aromatic heterocycles. The Hall–Kier alpha value is -0.640. The van der Waals surface area contributed by atoms with Crippen LogP contribution in [0.3, 0.4) is 0 Å². The molecule has 18 heavy (non-hydrogen) atoms. The number of benzene rings is 1. The molecular formula is C14H21ClFNO. The molecule has 0 saturated heterocycles. The normalized spacial score (nSPS) is 13.7. The van der Waals surface area contributed by atoms with Crippen LogP contribution in [0.1, 0.15) is 25.8 Å². The minimum Gasteiger partial charge on any atom is -0.379 e. The molecule has 1 aromatic carbocycles. The summed E-state index contributed by atoms with van der Waals surface area (Å²) in [5.41, 5.74) is 0.446. The number of methoxy groups -OCH3 is 1. The van der Waals surface area contributed by atoms with Crippen molar-refractivity contribution in [2.75, 3.05) is 14.2 Å². The first kappa shape index (κ1) is 15.4. The van der Waals surface area contributed by atoms with E-state index >= 15 is 0 Å². The number of halogens is 2. The quantitative estimate of drug-likeness (QED) is 0.857. The third-order valence-electron chi connectivity index (χ3n) is 3.18. The summed E-state index contributed by atoms with van der Waals surface area (Å²) in [4.78, 5) is 0. The lowest BCUT2D eigenvalue weighted by atomic mass is 9.94. The van der Waals surface area contributed by atoms with Crippen molar-refractivity contribution in [2.24, 2.45) is 0 Å². The molecule has 0 bridgehead atoms. The van der Waals surface area contributed by atoms with E-state index in [2.05, 4.69) is 5.32 Å². The summed E-state index contributed by atoms with van der Waals surface area (Å²) in [6.07, 6.45) is 1.42. The number of hydrogen-bond donors (Lipinski definition) is 1. The summed E-state index contributed by atoms with van der Waals surface area (Å²) in [6, 6.07) is 4.97. The highest BCUT2D eigenvalue weighted by atomic mass is 35.5. The molecule has 1 unspecified atom stereocenters. The molecule has 1 aromatic rings. The zero-order valence-corrected chi connectivity index (χ0v) is 12.1. The molecule has 0 amide bonds. The van der Waals surface area contributed by atoms with Crippen LogP contribution in [-0.4, -0.2) is 25.8 Å². The molecule has 1 N–H and O–H groups in total. The monoisotopic (exact) mass is 273 g/mol. The highest BCUT2D eigenvalue weighted by Crippen LogP contribution is 2.21. The van der Waals surface area contributed by atoms with E-state index in [4.69, 9.17) is 16.3 Å². The first-order valence-electron chi connectivity index (χ1n) is 6.04. The second-order valence-corrected chi connectivity index (χ2v) is 5.53. The van der Waals surface area contributed by atoms with Gasteiger partial charge < -0.3 is 10.1 Å². The summed E-state index contributed by atoms with van der Waals surface area (Å²) in [5.74, 6) is -0.252. The SMILES string of the molecule is CNC(Cc1ccc(Cl)cc1F)CC(C)(C)OC. The van der Waals surface area contributed by atoms with Crippen molar-refractivity contribution < 1.29 is 9.13 Å². The third kappa shape index (κ3) is 4.56. The van der Waals surface area contributed by atoms with Crippen LogP contribution in [-0.2, 0) is 11.2 Å². The Morgan fingerprint density at radius 3 is 2.61 bits per heavy atom. The molecule has 0 aliphatic heterocycles. The molecule has 0 spiro atoms. The fraction of sp³-hybridized carbons (Fsp3) is 0.571. The average Bonchev–Trinajstić information content (AvgIpc) is 2.31. The van der Waals surface area contributed by atoms with Gasteiger partial charge in [-0.25, -0.2) is 4.39 Å². The number of ether oxygens (including phenoxy) is 1. The van der Waals surface area contributed by atoms with E-state index < -0.39 is 0 Å². The Morgan fingerprint density at radius 1 is 1.44 bits per heavy atom. The van der Waals surface area contributed by atoms with E-state index in [1.165, 1.54) is 6.07 Å². The standard InChI is InChI=1S/C14H21ClFNO/c1-14(2,18-4)9-12(17-3)7-10-5-6-11(15)8-13(10)16/h5-6,8,12,17H,7,9H2,1-4H3. The van der Waals surface area contributed by atoms with Crippen LogP contribution in [0, 0.1) is 5.82 Å². The minimum atomic E-state index is -0.252. The number of hydrogen-bond acceptors (Lipinski definition) is 2. The highest BCUT2D eigenvalue weighted by Gasteiger charge is 2.22. The summed E-state index contributed by atoms with van der Waals surface area (Å²) in [5, 5.41) is 3.63. The second kappa shape index (κ2) is 6.50. The van der Waals surface area contributed by atoms with Crippen molar-refractivity contribution in [3.63, 3.8) is 0 Å². The molecule has 0 heterocycles. The van der Waals surface area contributed by atoms with E-state index in [0.29, 0.717) is 17.0 Å². The fourth-order valence-electron chi connectivity index (χ4n) is 1.91. The fourth-order valence-corrected chi connectivity index (χ4v) is 2.06. The lowest BCUT2D eigenvalue weighted by Crippen LogP contribution is -2.37. The Labute approximate surface area is 113 Å². The van der Waals surface area contributed by atoms with Crippen LogP contribution >= 0.6 is 11.6 Å². The van der Waals surface area contributed by atoms with Crippen LogP contribution in [0.15, 0.2) is 18.2 Å². The predicted molar refractivity (Wildman–Crippen MR) is 73.7 cm³/mol. The Bertz CT molecular complexity index is 395. The van der Waals surface area contributed by atoms with Gasteiger partial charge in [0.15, 0.2) is 0 Å². The lowest BCUT2D eigenvalue weighted by Gasteiger charge is -2.28. The van der Waals surface area contributed by atoms with E-state index in [-0.39, 0.29) is 17.5 Å². The van der Waals surface area contributed by atoms with Crippen LogP contribution in [0.25, 0.3) is 0 Å². The van der Waals surface area contributed by atoms with Gasteiger partial charge >= 0.3 is 0 Å². The largest absolute Gasteiger partial charge is 0.379 e. The molecule has 1 atom stereocenters. The van der Waals surface area contributed by atoms with E-state index in [1.807, 2.05) is 20.9 Å². The minimum absolute atomic E-state index is 0.163. The molecule has 0 radical (unpaired) electrons. The Balaban J connectivity index is 2.74. The second-order valence-electron chi connectivity index (χ2n) is 5.09. The van der Waals surface area contributed by atoms with Crippen molar-refractivity contribution in [2.45, 2.75) is 38.3 Å². The van der Waals surface area contributed by atoms with Crippen molar-refractivity contribution in [3.05, 3.63) is 34.6 Å². The van der Waals surface area contributed by atoms with Gasteiger partial charge in [-0.3, -0.25) is 0 Å². The predicted octanol–water partition coefficient (Wildman–Crippen LogP) is 3.42. The molecule has 4 heteroatoms. The van der Waals surface area contributed by atoms with Gasteiger partial charge in [0.05, 0.1) is 5.60 Å². The van der Waals surface area contributed by atoms with Crippen LogP contribution in [0.5, 0.6) is 0 Å². The topological polar surface area (TPSA) is 21.3 Å². The molecule has 0 aliphatic carbocycles. The van der Waals surface area contributed by atoms with Crippen LogP contribution < -0.4 is 5.32 Å². The number of likely N-dealkylation sites (N-methyl/N-ethyl adjacent to an activating group) is 1. The van der Waals surface area contributed by atoms with Crippen molar-refractivity contribution >= 4 is 11.6 Å². The van der Waals surface area contributed by atoms with Gasteiger partial charge in [-0.2, -0.15) is 0 Å². The van der Waals surface area contributed by atoms with Gasteiger partial charge in [0.2, 0.25) is 0 Å². The maximum atomic E-state index is 13.7. The molecule has 0 saturated carbocycles. The van der Waals surface area contributed by atoms with Crippen LogP contribution in [0.4, 0.5) is 4.39 Å². The third-order valence-corrected chi connectivity index (χ3v) is 3.42. The van der Waals surface area contributed by atoms with Gasteiger partial charge in [0.1, 0.15) is 5.82 Å². The van der Waals surface area contributed by atoms with Gasteiger partial charge in [-0.15, -0.1) is 0 Å².